The van der Waals surface area contributed by atoms with Gasteiger partial charge in [-0.05, 0) is 44.5 Å². The summed E-state index contributed by atoms with van der Waals surface area (Å²) in [5.74, 6) is 0. The Labute approximate surface area is 181 Å². The Morgan fingerprint density at radius 3 is 2.21 bits per heavy atom. The predicted octanol–water partition coefficient (Wildman–Crippen LogP) is 5.40. The Morgan fingerprint density at radius 2 is 1.66 bits per heavy atom. The summed E-state index contributed by atoms with van der Waals surface area (Å²) in [6, 6.07) is 11.3. The lowest BCUT2D eigenvalue weighted by molar-refractivity contribution is -0.126. The van der Waals surface area contributed by atoms with E-state index >= 15 is 0 Å². The monoisotopic (exact) mass is 438 g/mol. The van der Waals surface area contributed by atoms with E-state index in [9.17, 15) is 0 Å². The number of carbonyl (C=O) groups is 1. The second kappa shape index (κ2) is 12.8. The van der Waals surface area contributed by atoms with Gasteiger partial charge in [0.05, 0.1) is 18.5 Å². The van der Waals surface area contributed by atoms with Gasteiger partial charge < -0.3 is 14.4 Å². The third-order valence-corrected chi connectivity index (χ3v) is 4.25. The van der Waals surface area contributed by atoms with Gasteiger partial charge in [-0.15, -0.1) is 0 Å². The standard InChI is InChI=1S/C19H20Cl2N2O2.C2H4O2/c1-12-6-5-7-18(14(3)22-24-4)19(12)11-25-23-13(2)15-8-16(20)10-17(21)9-15;1-4-2-3/h5-10H,11H2,1-4H3;2H,1H3/b22-14-,23-13+;. The molecule has 0 aliphatic carbocycles. The van der Waals surface area contributed by atoms with Gasteiger partial charge in [0.15, 0.2) is 0 Å². The van der Waals surface area contributed by atoms with E-state index in [1.54, 1.807) is 18.2 Å². The molecule has 0 heterocycles. The number of halogens is 2. The van der Waals surface area contributed by atoms with Crippen LogP contribution in [0.15, 0.2) is 46.7 Å². The van der Waals surface area contributed by atoms with Crippen molar-refractivity contribution in [1.29, 1.82) is 0 Å². The molecular weight excluding hydrogens is 415 g/mol. The molecule has 2 aromatic rings. The minimum Gasteiger partial charge on any atom is -0.471 e. The molecule has 0 aliphatic heterocycles. The molecule has 0 fully saturated rings. The fraction of sp³-hybridized carbons (Fsp3) is 0.286. The van der Waals surface area contributed by atoms with Crippen molar-refractivity contribution >= 4 is 41.1 Å². The summed E-state index contributed by atoms with van der Waals surface area (Å²) in [5.41, 5.74) is 5.39. The van der Waals surface area contributed by atoms with E-state index in [0.29, 0.717) is 28.8 Å². The number of carbonyl (C=O) groups excluding carboxylic acids is 1. The summed E-state index contributed by atoms with van der Waals surface area (Å²) in [7, 11) is 2.84. The summed E-state index contributed by atoms with van der Waals surface area (Å²) in [6.07, 6.45) is 0. The lowest BCUT2D eigenvalue weighted by Crippen LogP contribution is -2.05. The SMILES string of the molecule is CO/N=C(/C)c1cccc(C)c1CO/N=C(\C)c1cc(Cl)cc(Cl)c1.COC=O. The van der Waals surface area contributed by atoms with Crippen molar-refractivity contribution in [2.45, 2.75) is 27.4 Å². The average molecular weight is 439 g/mol. The van der Waals surface area contributed by atoms with Crippen LogP contribution < -0.4 is 0 Å². The molecule has 0 saturated carbocycles. The number of nitrogens with zero attached hydrogens (tertiary/aromatic N) is 2. The first-order valence-electron chi connectivity index (χ1n) is 8.60. The number of methoxy groups -OCH3 is 1. The smallest absolute Gasteiger partial charge is 0.292 e. The van der Waals surface area contributed by atoms with Gasteiger partial charge in [0.25, 0.3) is 6.47 Å². The number of benzene rings is 2. The molecule has 0 aromatic heterocycles. The third kappa shape index (κ3) is 8.13. The highest BCUT2D eigenvalue weighted by Crippen LogP contribution is 2.20. The Morgan fingerprint density at radius 1 is 1.03 bits per heavy atom. The van der Waals surface area contributed by atoms with Gasteiger partial charge in [0, 0.05) is 26.7 Å². The van der Waals surface area contributed by atoms with E-state index in [4.69, 9.17) is 37.7 Å². The highest BCUT2D eigenvalue weighted by molar-refractivity contribution is 6.35. The first kappa shape index (κ1) is 24.5. The van der Waals surface area contributed by atoms with E-state index in [-0.39, 0.29) is 0 Å². The predicted molar refractivity (Wildman–Crippen MR) is 117 cm³/mol. The number of oxime groups is 2. The van der Waals surface area contributed by atoms with Crippen molar-refractivity contribution in [2.24, 2.45) is 10.3 Å². The van der Waals surface area contributed by atoms with E-state index in [1.165, 1.54) is 14.2 Å². The van der Waals surface area contributed by atoms with E-state index in [2.05, 4.69) is 15.0 Å². The molecular formula is C21H24Cl2N2O4. The fourth-order valence-corrected chi connectivity index (χ4v) is 2.95. The quantitative estimate of drug-likeness (QED) is 0.329. The molecule has 0 bridgehead atoms. The van der Waals surface area contributed by atoms with Crippen LogP contribution >= 0.6 is 23.2 Å². The molecule has 0 radical (unpaired) electrons. The molecule has 29 heavy (non-hydrogen) atoms. The highest BCUT2D eigenvalue weighted by Gasteiger charge is 2.10. The molecule has 0 aliphatic rings. The lowest BCUT2D eigenvalue weighted by Gasteiger charge is -2.11. The zero-order chi connectivity index (χ0) is 21.8. The fourth-order valence-electron chi connectivity index (χ4n) is 2.43. The van der Waals surface area contributed by atoms with E-state index in [1.807, 2.05) is 39.0 Å². The molecule has 0 N–H and O–H groups in total. The summed E-state index contributed by atoms with van der Waals surface area (Å²) in [4.78, 5) is 19.4. The van der Waals surface area contributed by atoms with Crippen LogP contribution in [0.5, 0.6) is 0 Å². The van der Waals surface area contributed by atoms with Crippen LogP contribution in [0.2, 0.25) is 10.0 Å². The summed E-state index contributed by atoms with van der Waals surface area (Å²) in [5, 5.41) is 9.31. The Hall–Kier alpha value is -2.57. The number of aryl methyl sites for hydroxylation is 1. The summed E-state index contributed by atoms with van der Waals surface area (Å²) < 4.78 is 3.86. The van der Waals surface area contributed by atoms with Crippen molar-refractivity contribution in [3.05, 3.63) is 68.7 Å². The minimum absolute atomic E-state index is 0.324. The lowest BCUT2D eigenvalue weighted by atomic mass is 10.00. The molecule has 0 saturated heterocycles. The molecule has 8 heteroatoms. The minimum atomic E-state index is 0.324. The van der Waals surface area contributed by atoms with Crippen molar-refractivity contribution in [3.8, 4) is 0 Å². The van der Waals surface area contributed by atoms with E-state index in [0.717, 1.165) is 28.0 Å². The van der Waals surface area contributed by atoms with Crippen LogP contribution in [0, 0.1) is 6.92 Å². The largest absolute Gasteiger partial charge is 0.471 e. The molecule has 0 unspecified atom stereocenters. The topological polar surface area (TPSA) is 69.5 Å². The molecule has 2 aromatic carbocycles. The maximum Gasteiger partial charge on any atom is 0.292 e. The Bertz CT molecular complexity index is 863. The van der Waals surface area contributed by atoms with Crippen molar-refractivity contribution in [2.75, 3.05) is 14.2 Å². The van der Waals surface area contributed by atoms with Crippen molar-refractivity contribution in [3.63, 3.8) is 0 Å². The molecule has 0 spiro atoms. The average Bonchev–Trinajstić information content (AvgIpc) is 2.68. The number of hydrogen-bond donors (Lipinski definition) is 0. The molecule has 156 valence electrons. The normalized spacial score (nSPS) is 11.3. The maximum atomic E-state index is 8.95. The highest BCUT2D eigenvalue weighted by atomic mass is 35.5. The number of ether oxygens (including phenoxy) is 1. The Kier molecular flexibility index (Phi) is 10.8. The first-order valence-corrected chi connectivity index (χ1v) is 9.35. The van der Waals surface area contributed by atoms with Gasteiger partial charge in [0.1, 0.15) is 13.7 Å². The van der Waals surface area contributed by atoms with Crippen LogP contribution in [-0.2, 0) is 25.8 Å². The van der Waals surface area contributed by atoms with Gasteiger partial charge in [-0.3, -0.25) is 4.79 Å². The van der Waals surface area contributed by atoms with Gasteiger partial charge in [0.2, 0.25) is 0 Å². The van der Waals surface area contributed by atoms with Gasteiger partial charge in [-0.25, -0.2) is 0 Å². The van der Waals surface area contributed by atoms with Crippen molar-refractivity contribution in [1.82, 2.24) is 0 Å². The Balaban J connectivity index is 0.000000960. The molecule has 2 rings (SSSR count). The second-order valence-corrected chi connectivity index (χ2v) is 6.77. The van der Waals surface area contributed by atoms with Gasteiger partial charge in [-0.2, -0.15) is 0 Å². The van der Waals surface area contributed by atoms with Crippen LogP contribution in [0.25, 0.3) is 0 Å². The zero-order valence-electron chi connectivity index (χ0n) is 17.0. The molecule has 0 atom stereocenters. The molecule has 6 nitrogen and oxygen atoms in total. The van der Waals surface area contributed by atoms with Crippen LogP contribution in [0.1, 0.15) is 36.1 Å². The third-order valence-electron chi connectivity index (χ3n) is 3.82. The van der Waals surface area contributed by atoms with E-state index < -0.39 is 0 Å². The summed E-state index contributed by atoms with van der Waals surface area (Å²) in [6.45, 7) is 6.46. The van der Waals surface area contributed by atoms with Gasteiger partial charge >= 0.3 is 0 Å². The second-order valence-electron chi connectivity index (χ2n) is 5.90. The first-order chi connectivity index (χ1) is 13.8. The van der Waals surface area contributed by atoms with Crippen LogP contribution in [-0.4, -0.2) is 32.1 Å². The van der Waals surface area contributed by atoms with Gasteiger partial charge in [-0.1, -0.05) is 51.7 Å². The summed E-state index contributed by atoms with van der Waals surface area (Å²) >= 11 is 12.0. The van der Waals surface area contributed by atoms with Crippen LogP contribution in [0.3, 0.4) is 0 Å². The number of rotatable bonds is 7. The number of hydrogen-bond acceptors (Lipinski definition) is 6. The molecule has 0 amide bonds. The van der Waals surface area contributed by atoms with Crippen molar-refractivity contribution < 1.29 is 19.2 Å². The maximum absolute atomic E-state index is 8.95. The zero-order valence-corrected chi connectivity index (χ0v) is 18.5. The van der Waals surface area contributed by atoms with Crippen LogP contribution in [0.4, 0.5) is 0 Å².